The van der Waals surface area contributed by atoms with Crippen LogP contribution >= 0.6 is 11.3 Å². The zero-order valence-corrected chi connectivity index (χ0v) is 7.43. The van der Waals surface area contributed by atoms with E-state index in [1.54, 1.807) is 6.20 Å². The third kappa shape index (κ3) is 0.876. The Morgan fingerprint density at radius 1 is 1.67 bits per heavy atom. The van der Waals surface area contributed by atoms with Crippen molar-refractivity contribution in [2.75, 3.05) is 0 Å². The van der Waals surface area contributed by atoms with Crippen LogP contribution in [0.15, 0.2) is 11.6 Å². The van der Waals surface area contributed by atoms with Gasteiger partial charge in [0.2, 0.25) is 5.91 Å². The summed E-state index contributed by atoms with van der Waals surface area (Å²) in [6.45, 7) is 0. The first-order valence-electron chi connectivity index (χ1n) is 3.95. The zero-order valence-electron chi connectivity index (χ0n) is 6.62. The molecule has 0 unspecified atom stereocenters. The molecule has 12 heavy (non-hydrogen) atoms. The van der Waals surface area contributed by atoms with E-state index in [0.29, 0.717) is 0 Å². The van der Waals surface area contributed by atoms with Crippen molar-refractivity contribution in [3.63, 3.8) is 0 Å². The normalized spacial score (nSPS) is 20.0. The summed E-state index contributed by atoms with van der Waals surface area (Å²) in [6, 6.07) is 0. The molecule has 1 amide bonds. The molecule has 1 aliphatic rings. The second-order valence-electron chi connectivity index (χ2n) is 3.14. The number of hydrogen-bond acceptors (Lipinski definition) is 3. The maximum atomic E-state index is 11.2. The van der Waals surface area contributed by atoms with E-state index in [4.69, 9.17) is 5.73 Å². The molecule has 2 N–H and O–H groups in total. The van der Waals surface area contributed by atoms with Crippen molar-refractivity contribution in [3.05, 3.63) is 16.6 Å². The molecule has 0 atom stereocenters. The molecule has 1 aliphatic carbocycles. The molecule has 2 rings (SSSR count). The van der Waals surface area contributed by atoms with Gasteiger partial charge in [-0.15, -0.1) is 11.3 Å². The highest BCUT2D eigenvalue weighted by atomic mass is 32.1. The summed E-state index contributed by atoms with van der Waals surface area (Å²) >= 11 is 1.52. The van der Waals surface area contributed by atoms with Crippen LogP contribution in [0.5, 0.6) is 0 Å². The van der Waals surface area contributed by atoms with Crippen molar-refractivity contribution in [2.45, 2.75) is 24.7 Å². The maximum absolute atomic E-state index is 11.2. The monoisotopic (exact) mass is 182 g/mol. The van der Waals surface area contributed by atoms with Crippen LogP contribution in [0.4, 0.5) is 0 Å². The molecule has 1 fully saturated rings. The molecule has 0 aromatic carbocycles. The molecular weight excluding hydrogens is 172 g/mol. The minimum atomic E-state index is -0.409. The molecule has 3 nitrogen and oxygen atoms in total. The second-order valence-corrected chi connectivity index (χ2v) is 4.03. The van der Waals surface area contributed by atoms with Crippen molar-refractivity contribution >= 4 is 17.2 Å². The summed E-state index contributed by atoms with van der Waals surface area (Å²) in [6.07, 6.45) is 4.55. The lowest BCUT2D eigenvalue weighted by atomic mass is 9.69. The quantitative estimate of drug-likeness (QED) is 0.743. The number of rotatable bonds is 2. The summed E-state index contributed by atoms with van der Waals surface area (Å²) in [5, 5.41) is 2.78. The van der Waals surface area contributed by atoms with Gasteiger partial charge in [-0.3, -0.25) is 4.79 Å². The Bertz CT molecular complexity index is 290. The summed E-state index contributed by atoms with van der Waals surface area (Å²) in [4.78, 5) is 15.3. The van der Waals surface area contributed by atoms with E-state index in [9.17, 15) is 4.79 Å². The highest BCUT2D eigenvalue weighted by Crippen LogP contribution is 2.44. The van der Waals surface area contributed by atoms with Crippen LogP contribution in [-0.2, 0) is 10.2 Å². The summed E-state index contributed by atoms with van der Waals surface area (Å²) in [7, 11) is 0. The lowest BCUT2D eigenvalue weighted by Crippen LogP contribution is -2.46. The van der Waals surface area contributed by atoms with Gasteiger partial charge in [0.05, 0.1) is 0 Å². The van der Waals surface area contributed by atoms with Crippen molar-refractivity contribution in [1.82, 2.24) is 4.98 Å². The van der Waals surface area contributed by atoms with Crippen LogP contribution < -0.4 is 5.73 Å². The Morgan fingerprint density at radius 2 is 2.42 bits per heavy atom. The maximum Gasteiger partial charge on any atom is 0.230 e. The number of aromatic nitrogens is 1. The number of thiazole rings is 1. The molecule has 1 heterocycles. The van der Waals surface area contributed by atoms with Gasteiger partial charge in [0.25, 0.3) is 0 Å². The van der Waals surface area contributed by atoms with Crippen LogP contribution in [0.1, 0.15) is 24.3 Å². The molecule has 1 saturated carbocycles. The van der Waals surface area contributed by atoms with Crippen molar-refractivity contribution in [1.29, 1.82) is 0 Å². The van der Waals surface area contributed by atoms with Gasteiger partial charge in [-0.05, 0) is 12.8 Å². The molecule has 0 spiro atoms. The number of nitrogens with zero attached hydrogens (tertiary/aromatic N) is 1. The number of hydrogen-bond donors (Lipinski definition) is 1. The number of amides is 1. The first kappa shape index (κ1) is 7.73. The Labute approximate surface area is 74.6 Å². The number of carbonyl (C=O) groups is 1. The Morgan fingerprint density at radius 3 is 2.75 bits per heavy atom. The van der Waals surface area contributed by atoms with Crippen molar-refractivity contribution in [3.8, 4) is 0 Å². The second kappa shape index (κ2) is 2.55. The van der Waals surface area contributed by atoms with E-state index < -0.39 is 5.41 Å². The average Bonchev–Trinajstić information content (AvgIpc) is 2.35. The Kier molecular flexibility index (Phi) is 1.65. The first-order valence-corrected chi connectivity index (χ1v) is 4.83. The molecule has 0 aliphatic heterocycles. The van der Waals surface area contributed by atoms with Crippen LogP contribution in [0.2, 0.25) is 0 Å². The van der Waals surface area contributed by atoms with Gasteiger partial charge >= 0.3 is 0 Å². The van der Waals surface area contributed by atoms with Crippen LogP contribution in [0, 0.1) is 0 Å². The fourth-order valence-corrected chi connectivity index (χ4v) is 2.46. The highest BCUT2D eigenvalue weighted by molar-refractivity contribution is 7.09. The average molecular weight is 182 g/mol. The van der Waals surface area contributed by atoms with Gasteiger partial charge in [-0.1, -0.05) is 6.42 Å². The molecule has 0 saturated heterocycles. The largest absolute Gasteiger partial charge is 0.369 e. The predicted molar refractivity (Wildman–Crippen MR) is 46.8 cm³/mol. The van der Waals surface area contributed by atoms with Crippen LogP contribution in [0.3, 0.4) is 0 Å². The lowest BCUT2D eigenvalue weighted by Gasteiger charge is -2.36. The summed E-state index contributed by atoms with van der Waals surface area (Å²) < 4.78 is 0. The molecule has 0 bridgehead atoms. The minimum Gasteiger partial charge on any atom is -0.369 e. The Hall–Kier alpha value is -0.900. The molecule has 1 aromatic rings. The predicted octanol–water partition coefficient (Wildman–Crippen LogP) is 1.05. The molecule has 1 aromatic heterocycles. The minimum absolute atomic E-state index is 0.219. The number of primary amides is 1. The van der Waals surface area contributed by atoms with E-state index in [2.05, 4.69) is 4.98 Å². The smallest absolute Gasteiger partial charge is 0.230 e. The molecule has 64 valence electrons. The van der Waals surface area contributed by atoms with Gasteiger partial charge in [0.15, 0.2) is 0 Å². The first-order chi connectivity index (χ1) is 5.76. The summed E-state index contributed by atoms with van der Waals surface area (Å²) in [5.74, 6) is -0.219. The highest BCUT2D eigenvalue weighted by Gasteiger charge is 2.46. The third-order valence-electron chi connectivity index (χ3n) is 2.52. The van der Waals surface area contributed by atoms with E-state index in [-0.39, 0.29) is 5.91 Å². The summed E-state index contributed by atoms with van der Waals surface area (Å²) in [5.41, 5.74) is 4.94. The van der Waals surface area contributed by atoms with Gasteiger partial charge in [-0.2, -0.15) is 0 Å². The Balaban J connectivity index is 2.35. The van der Waals surface area contributed by atoms with Crippen molar-refractivity contribution < 1.29 is 4.79 Å². The SMILES string of the molecule is NC(=O)C1(c2nccs2)CCC1. The lowest BCUT2D eigenvalue weighted by molar-refractivity contribution is -0.126. The number of nitrogens with two attached hydrogens (primary N) is 1. The fourth-order valence-electron chi connectivity index (χ4n) is 1.56. The van der Waals surface area contributed by atoms with Gasteiger partial charge in [-0.25, -0.2) is 4.98 Å². The van der Waals surface area contributed by atoms with Gasteiger partial charge < -0.3 is 5.73 Å². The standard InChI is InChI=1S/C8H10N2OS/c9-6(11)8(2-1-3-8)7-10-4-5-12-7/h4-5H,1-3H2,(H2,9,11). The van der Waals surface area contributed by atoms with Crippen LogP contribution in [-0.4, -0.2) is 10.9 Å². The number of carbonyl (C=O) groups excluding carboxylic acids is 1. The third-order valence-corrected chi connectivity index (χ3v) is 3.50. The molecule has 0 radical (unpaired) electrons. The molecule has 4 heteroatoms. The van der Waals surface area contributed by atoms with E-state index in [0.717, 1.165) is 24.3 Å². The van der Waals surface area contributed by atoms with Crippen molar-refractivity contribution in [2.24, 2.45) is 5.73 Å². The fraction of sp³-hybridized carbons (Fsp3) is 0.500. The van der Waals surface area contributed by atoms with E-state index in [1.807, 2.05) is 5.38 Å². The zero-order chi connectivity index (χ0) is 8.60. The van der Waals surface area contributed by atoms with Gasteiger partial charge in [0.1, 0.15) is 10.4 Å². The topological polar surface area (TPSA) is 56.0 Å². The van der Waals surface area contributed by atoms with E-state index in [1.165, 1.54) is 11.3 Å². The van der Waals surface area contributed by atoms with Gasteiger partial charge in [0, 0.05) is 11.6 Å². The van der Waals surface area contributed by atoms with E-state index >= 15 is 0 Å². The molecular formula is C8H10N2OS. The van der Waals surface area contributed by atoms with Crippen LogP contribution in [0.25, 0.3) is 0 Å².